The molecule has 0 fully saturated rings. The maximum atomic E-state index is 2.65. The maximum Gasteiger partial charge on any atom is 0.252 e. The van der Waals surface area contributed by atoms with Crippen molar-refractivity contribution >= 4 is 145 Å². The highest BCUT2D eigenvalue weighted by atomic mass is 15.2. The Kier molecular flexibility index (Phi) is 6.57. The van der Waals surface area contributed by atoms with Crippen molar-refractivity contribution in [3.63, 3.8) is 0 Å². The molecule has 0 aliphatic carbocycles. The molecule has 0 saturated heterocycles. The van der Waals surface area contributed by atoms with Crippen LogP contribution in [0.15, 0.2) is 218 Å². The number of hydrogen-bond donors (Lipinski definition) is 0. The normalized spacial score (nSPS) is 13.8. The van der Waals surface area contributed by atoms with E-state index in [9.17, 15) is 0 Å². The van der Waals surface area contributed by atoms with E-state index >= 15 is 0 Å². The third kappa shape index (κ3) is 4.30. The molecule has 2 aromatic heterocycles. The second-order valence-corrected chi connectivity index (χ2v) is 19.2. The van der Waals surface area contributed by atoms with E-state index in [0.29, 0.717) is 0 Å². The fourth-order valence-electron chi connectivity index (χ4n) is 13.3. The van der Waals surface area contributed by atoms with Crippen LogP contribution in [0.4, 0.5) is 34.1 Å². The number of anilines is 6. The summed E-state index contributed by atoms with van der Waals surface area (Å²) in [4.78, 5) is 5.02. The van der Waals surface area contributed by atoms with Crippen molar-refractivity contribution < 1.29 is 0 Å². The lowest BCUT2D eigenvalue weighted by Gasteiger charge is -2.42. The number of fused-ring (bicyclic) bond motifs is 18. The molecule has 4 aliphatic heterocycles. The first-order valence-corrected chi connectivity index (χ1v) is 23.8. The highest BCUT2D eigenvalue weighted by Crippen LogP contribution is 2.46. The molecule has 0 spiro atoms. The Balaban J connectivity index is 1.06. The molecular weight excluding hydrogens is 822 g/mol. The van der Waals surface area contributed by atoms with Crippen molar-refractivity contribution in [3.8, 4) is 11.4 Å². The van der Waals surface area contributed by atoms with Crippen LogP contribution in [0.1, 0.15) is 0 Å². The zero-order valence-corrected chi connectivity index (χ0v) is 36.7. The highest BCUT2D eigenvalue weighted by Gasteiger charge is 2.46. The number of nitrogens with zero attached hydrogens (tertiary/aromatic N) is 4. The van der Waals surface area contributed by atoms with Crippen molar-refractivity contribution in [3.05, 3.63) is 218 Å². The van der Waals surface area contributed by atoms with E-state index in [1.807, 2.05) is 0 Å². The second-order valence-electron chi connectivity index (χ2n) is 19.2. The summed E-state index contributed by atoms with van der Waals surface area (Å²) in [7, 11) is 0. The predicted molar refractivity (Wildman–Crippen MR) is 289 cm³/mol. The molecule has 6 heteroatoms. The zero-order chi connectivity index (χ0) is 43.9. The molecule has 0 saturated carbocycles. The first kappa shape index (κ1) is 35.5. The Morgan fingerprint density at radius 3 is 1.12 bits per heavy atom. The van der Waals surface area contributed by atoms with Crippen LogP contribution in [0.3, 0.4) is 0 Å². The molecule has 4 nitrogen and oxygen atoms in total. The van der Waals surface area contributed by atoms with Gasteiger partial charge in [0.1, 0.15) is 0 Å². The van der Waals surface area contributed by atoms with Crippen LogP contribution < -0.4 is 42.6 Å². The van der Waals surface area contributed by atoms with Gasteiger partial charge in [-0.05, 0) is 133 Å². The van der Waals surface area contributed by atoms with E-state index in [1.165, 1.54) is 143 Å². The minimum Gasteiger partial charge on any atom is -0.311 e. The predicted octanol–water partition coefficient (Wildman–Crippen LogP) is 11.4. The minimum atomic E-state index is -0.00180. The van der Waals surface area contributed by atoms with E-state index in [4.69, 9.17) is 0 Å². The van der Waals surface area contributed by atoms with Crippen LogP contribution in [0.2, 0.25) is 0 Å². The molecule has 4 aliphatic rings. The van der Waals surface area contributed by atoms with Gasteiger partial charge in [0.25, 0.3) is 13.4 Å². The van der Waals surface area contributed by atoms with Gasteiger partial charge in [-0.15, -0.1) is 0 Å². The number of benzene rings is 11. The van der Waals surface area contributed by atoms with E-state index in [2.05, 4.69) is 237 Å². The molecule has 0 amide bonds. The van der Waals surface area contributed by atoms with Crippen LogP contribution >= 0.6 is 0 Å². The van der Waals surface area contributed by atoms with Crippen LogP contribution in [0.5, 0.6) is 0 Å². The number of hydrogen-bond acceptors (Lipinski definition) is 2. The highest BCUT2D eigenvalue weighted by molar-refractivity contribution is 7.03. The van der Waals surface area contributed by atoms with Gasteiger partial charge >= 0.3 is 0 Å². The van der Waals surface area contributed by atoms with E-state index in [-0.39, 0.29) is 13.4 Å². The van der Waals surface area contributed by atoms with E-state index in [1.54, 1.807) is 0 Å². The lowest BCUT2D eigenvalue weighted by Crippen LogP contribution is -2.64. The Morgan fingerprint density at radius 1 is 0.265 bits per heavy atom. The zero-order valence-electron chi connectivity index (χ0n) is 36.7. The molecule has 6 heterocycles. The topological polar surface area (TPSA) is 16.3 Å². The molecular formula is C62H36B2N4. The van der Waals surface area contributed by atoms with Crippen LogP contribution in [0.25, 0.3) is 76.5 Å². The summed E-state index contributed by atoms with van der Waals surface area (Å²) in [5.74, 6) is 0. The van der Waals surface area contributed by atoms with E-state index in [0.717, 1.165) is 0 Å². The quantitative estimate of drug-likeness (QED) is 0.161. The number of aromatic nitrogens is 2. The fraction of sp³-hybridized carbons (Fsp3) is 0. The largest absolute Gasteiger partial charge is 0.311 e. The Labute approximate surface area is 392 Å². The van der Waals surface area contributed by atoms with Crippen molar-refractivity contribution in [2.45, 2.75) is 0 Å². The summed E-state index contributed by atoms with van der Waals surface area (Å²) in [6.45, 7) is -0.00361. The summed E-state index contributed by atoms with van der Waals surface area (Å²) in [5, 5.41) is 10.2. The molecule has 11 aromatic carbocycles. The van der Waals surface area contributed by atoms with E-state index < -0.39 is 0 Å². The van der Waals surface area contributed by atoms with Gasteiger partial charge in [-0.2, -0.15) is 0 Å². The van der Waals surface area contributed by atoms with Gasteiger partial charge in [0.2, 0.25) is 0 Å². The lowest BCUT2D eigenvalue weighted by molar-refractivity contribution is 1.14. The third-order valence-corrected chi connectivity index (χ3v) is 16.0. The molecule has 0 bridgehead atoms. The molecule has 0 atom stereocenters. The average Bonchev–Trinajstić information content (AvgIpc) is 3.90. The molecule has 68 heavy (non-hydrogen) atoms. The Bertz CT molecular complexity index is 4140. The first-order chi connectivity index (χ1) is 33.8. The Morgan fingerprint density at radius 2 is 0.662 bits per heavy atom. The summed E-state index contributed by atoms with van der Waals surface area (Å²) < 4.78 is 5.30. The van der Waals surface area contributed by atoms with Crippen molar-refractivity contribution in [1.82, 2.24) is 9.13 Å². The van der Waals surface area contributed by atoms with Gasteiger partial charge in [0.15, 0.2) is 0 Å². The molecule has 0 unspecified atom stereocenters. The third-order valence-electron chi connectivity index (χ3n) is 16.0. The Hall–Kier alpha value is -8.73. The smallest absolute Gasteiger partial charge is 0.252 e. The summed E-state index contributed by atoms with van der Waals surface area (Å²) in [5.41, 5.74) is 22.9. The SMILES string of the molecule is c1ccc(N2c3ccccc3B3c4cc5c(cc4-n4c6cc7ccccc7cc6c6ccc2c3c64)-n2c3cc4ccccc4cc3c3ccc4c(c32)B5c2ccccc2N4c2ccccc2)cc1. The van der Waals surface area contributed by atoms with Gasteiger partial charge in [-0.25, -0.2) is 0 Å². The molecule has 17 rings (SSSR count). The minimum absolute atomic E-state index is 0.00180. The second kappa shape index (κ2) is 12.6. The number of rotatable bonds is 2. The molecule has 310 valence electrons. The standard InChI is InChI=1S/C62H36B2N4/c1-3-19-41(20-4-1)65-51-25-13-11-23-47(51)63-49-35-50-58(36-57(49)67-55-33-39-17-9-7-15-37(39)31-45(55)43-27-29-53(65)59(63)61(43)67)68-56-34-40-18-10-8-16-38(40)32-46(56)44-28-30-54-60(62(44)68)64(50)48-24-12-14-26-52(48)66(54)42-21-5-2-6-22-42/h1-36H. The number of para-hydroxylation sites is 4. The van der Waals surface area contributed by atoms with Crippen molar-refractivity contribution in [2.24, 2.45) is 0 Å². The van der Waals surface area contributed by atoms with Crippen molar-refractivity contribution in [1.29, 1.82) is 0 Å². The summed E-state index contributed by atoms with van der Waals surface area (Å²) >= 11 is 0. The van der Waals surface area contributed by atoms with Crippen LogP contribution in [-0.2, 0) is 0 Å². The van der Waals surface area contributed by atoms with Gasteiger partial charge < -0.3 is 18.9 Å². The first-order valence-electron chi connectivity index (χ1n) is 23.8. The summed E-state index contributed by atoms with van der Waals surface area (Å²) in [6, 6.07) is 82.6. The average molecular weight is 859 g/mol. The fourth-order valence-corrected chi connectivity index (χ4v) is 13.3. The van der Waals surface area contributed by atoms with Gasteiger partial charge in [-0.1, -0.05) is 140 Å². The summed E-state index contributed by atoms with van der Waals surface area (Å²) in [6.07, 6.45) is 0. The molecule has 0 N–H and O–H groups in total. The van der Waals surface area contributed by atoms with Crippen molar-refractivity contribution in [2.75, 3.05) is 9.80 Å². The molecule has 0 radical (unpaired) electrons. The maximum absolute atomic E-state index is 2.65. The van der Waals surface area contributed by atoms with Crippen LogP contribution in [0, 0.1) is 0 Å². The monoisotopic (exact) mass is 858 g/mol. The lowest BCUT2D eigenvalue weighted by atomic mass is 9.30. The van der Waals surface area contributed by atoms with Crippen LogP contribution in [-0.4, -0.2) is 22.6 Å². The molecule has 13 aromatic rings. The van der Waals surface area contributed by atoms with Gasteiger partial charge in [0, 0.05) is 67.0 Å². The van der Waals surface area contributed by atoms with Gasteiger partial charge in [-0.3, -0.25) is 0 Å². The van der Waals surface area contributed by atoms with Gasteiger partial charge in [0.05, 0.1) is 22.1 Å².